The van der Waals surface area contributed by atoms with Crippen molar-refractivity contribution in [1.82, 2.24) is 0 Å². The van der Waals surface area contributed by atoms with Crippen LogP contribution in [0.3, 0.4) is 0 Å². The molecular formula is C24H14F8O. The van der Waals surface area contributed by atoms with Gasteiger partial charge in [0.25, 0.3) is 0 Å². The zero-order valence-corrected chi connectivity index (χ0v) is 16.8. The summed E-state index contributed by atoms with van der Waals surface area (Å²) in [5.41, 5.74) is -1.50. The molecule has 0 saturated heterocycles. The van der Waals surface area contributed by atoms with Crippen molar-refractivity contribution in [1.29, 1.82) is 0 Å². The second-order valence-electron chi connectivity index (χ2n) is 6.78. The highest BCUT2D eigenvalue weighted by atomic mass is 19.3. The van der Waals surface area contributed by atoms with Gasteiger partial charge in [-0.05, 0) is 41.8 Å². The van der Waals surface area contributed by atoms with E-state index in [9.17, 15) is 35.1 Å². The molecule has 0 bridgehead atoms. The third-order valence-corrected chi connectivity index (χ3v) is 4.68. The Bertz CT molecular complexity index is 1220. The number of hydrogen-bond donors (Lipinski definition) is 0. The highest BCUT2D eigenvalue weighted by Crippen LogP contribution is 2.38. The number of ether oxygens (including phenoxy) is 1. The molecule has 0 aromatic heterocycles. The molecule has 0 radical (unpaired) electrons. The van der Waals surface area contributed by atoms with Gasteiger partial charge >= 0.3 is 6.11 Å². The van der Waals surface area contributed by atoms with Crippen molar-refractivity contribution < 1.29 is 39.9 Å². The molecule has 0 aliphatic carbocycles. The van der Waals surface area contributed by atoms with Crippen molar-refractivity contribution in [2.45, 2.75) is 13.0 Å². The standard InChI is InChI=1S/C24H14F8O/c1-3-12(4-2)13-5-6-16(17(25)7-13)14-8-18(26)22(19(27)9-14)24(31,32)33-15-10-20(28)23(30)21(29)11-15/h3-11H,1H2,2H3. The average molecular weight is 470 g/mol. The summed E-state index contributed by atoms with van der Waals surface area (Å²) in [5.74, 6) is -11.3. The first-order valence-corrected chi connectivity index (χ1v) is 9.28. The molecule has 0 amide bonds. The Morgan fingerprint density at radius 1 is 0.818 bits per heavy atom. The lowest BCUT2D eigenvalue weighted by Crippen LogP contribution is -2.25. The van der Waals surface area contributed by atoms with Crippen LogP contribution in [0, 0.1) is 34.9 Å². The third-order valence-electron chi connectivity index (χ3n) is 4.68. The number of rotatable bonds is 6. The minimum absolute atomic E-state index is 0.0929. The average Bonchev–Trinajstić information content (AvgIpc) is 2.71. The normalized spacial score (nSPS) is 12.1. The Morgan fingerprint density at radius 2 is 1.39 bits per heavy atom. The predicted molar refractivity (Wildman–Crippen MR) is 106 cm³/mol. The second-order valence-corrected chi connectivity index (χ2v) is 6.78. The highest BCUT2D eigenvalue weighted by Gasteiger charge is 2.41. The third kappa shape index (κ3) is 4.76. The molecule has 0 heterocycles. The van der Waals surface area contributed by atoms with E-state index in [1.807, 2.05) is 0 Å². The summed E-state index contributed by atoms with van der Waals surface area (Å²) in [6.07, 6.45) is -1.60. The van der Waals surface area contributed by atoms with Crippen LogP contribution in [0.1, 0.15) is 18.1 Å². The van der Waals surface area contributed by atoms with Crippen molar-refractivity contribution in [3.8, 4) is 16.9 Å². The lowest BCUT2D eigenvalue weighted by molar-refractivity contribution is -0.189. The van der Waals surface area contributed by atoms with Crippen LogP contribution in [0.2, 0.25) is 0 Å². The van der Waals surface area contributed by atoms with Gasteiger partial charge in [0.1, 0.15) is 28.8 Å². The van der Waals surface area contributed by atoms with Gasteiger partial charge in [-0.25, -0.2) is 26.3 Å². The van der Waals surface area contributed by atoms with E-state index in [2.05, 4.69) is 11.3 Å². The van der Waals surface area contributed by atoms with Crippen LogP contribution < -0.4 is 4.74 Å². The lowest BCUT2D eigenvalue weighted by Gasteiger charge is -2.20. The molecule has 3 aromatic carbocycles. The predicted octanol–water partition coefficient (Wildman–Crippen LogP) is 7.91. The molecule has 0 aliphatic heterocycles. The van der Waals surface area contributed by atoms with Crippen LogP contribution in [-0.4, -0.2) is 0 Å². The second kappa shape index (κ2) is 9.09. The molecule has 0 spiro atoms. The molecule has 0 atom stereocenters. The molecule has 3 aromatic rings. The summed E-state index contributed by atoms with van der Waals surface area (Å²) in [4.78, 5) is 0. The van der Waals surface area contributed by atoms with Crippen molar-refractivity contribution in [2.24, 2.45) is 0 Å². The Morgan fingerprint density at radius 3 is 1.88 bits per heavy atom. The minimum atomic E-state index is -4.74. The van der Waals surface area contributed by atoms with E-state index >= 15 is 0 Å². The minimum Gasteiger partial charge on any atom is -0.429 e. The van der Waals surface area contributed by atoms with Crippen LogP contribution in [0.25, 0.3) is 16.7 Å². The molecule has 33 heavy (non-hydrogen) atoms. The van der Waals surface area contributed by atoms with Gasteiger partial charge < -0.3 is 4.74 Å². The van der Waals surface area contributed by atoms with Crippen molar-refractivity contribution >= 4 is 5.57 Å². The maximum atomic E-state index is 14.6. The first kappa shape index (κ1) is 24.0. The highest BCUT2D eigenvalue weighted by molar-refractivity contribution is 5.76. The van der Waals surface area contributed by atoms with Crippen LogP contribution in [0.15, 0.2) is 61.2 Å². The Hall–Kier alpha value is -3.62. The molecule has 0 fully saturated rings. The molecule has 0 unspecified atom stereocenters. The van der Waals surface area contributed by atoms with E-state index in [0.717, 1.165) is 6.07 Å². The Kier molecular flexibility index (Phi) is 6.62. The summed E-state index contributed by atoms with van der Waals surface area (Å²) in [6.45, 7) is 5.28. The molecule has 0 saturated carbocycles. The summed E-state index contributed by atoms with van der Waals surface area (Å²) in [5, 5.41) is 0. The molecule has 3 rings (SSSR count). The number of allylic oxidation sites excluding steroid dienone is 3. The summed E-state index contributed by atoms with van der Waals surface area (Å²) >= 11 is 0. The zero-order chi connectivity index (χ0) is 24.5. The fourth-order valence-corrected chi connectivity index (χ4v) is 3.13. The monoisotopic (exact) mass is 470 g/mol. The first-order chi connectivity index (χ1) is 15.5. The number of halogens is 8. The van der Waals surface area contributed by atoms with Crippen molar-refractivity contribution in [2.75, 3.05) is 0 Å². The Labute approximate surface area is 183 Å². The summed E-state index contributed by atoms with van der Waals surface area (Å²) in [7, 11) is 0. The van der Waals surface area contributed by atoms with Gasteiger partial charge in [-0.2, -0.15) is 8.78 Å². The lowest BCUT2D eigenvalue weighted by atomic mass is 9.98. The van der Waals surface area contributed by atoms with Crippen LogP contribution in [-0.2, 0) is 6.11 Å². The number of alkyl halides is 2. The molecule has 9 heteroatoms. The molecule has 0 N–H and O–H groups in total. The smallest absolute Gasteiger partial charge is 0.429 e. The van der Waals surface area contributed by atoms with E-state index in [1.54, 1.807) is 13.0 Å². The zero-order valence-electron chi connectivity index (χ0n) is 16.8. The fourth-order valence-electron chi connectivity index (χ4n) is 3.13. The molecule has 1 nitrogen and oxygen atoms in total. The summed E-state index contributed by atoms with van der Waals surface area (Å²) in [6, 6.07) is 4.86. The van der Waals surface area contributed by atoms with E-state index < -0.39 is 52.3 Å². The van der Waals surface area contributed by atoms with Crippen LogP contribution in [0.5, 0.6) is 5.75 Å². The SMILES string of the molecule is C=CC(=CC)c1ccc(-c2cc(F)c(C(F)(F)Oc3cc(F)c(F)c(F)c3)c(F)c2)c(F)c1. The van der Waals surface area contributed by atoms with Gasteiger partial charge in [-0.3, -0.25) is 0 Å². The number of hydrogen-bond acceptors (Lipinski definition) is 1. The summed E-state index contributed by atoms with van der Waals surface area (Å²) < 4.78 is 116. The molecular weight excluding hydrogens is 456 g/mol. The topological polar surface area (TPSA) is 9.23 Å². The maximum Gasteiger partial charge on any atom is 0.432 e. The Balaban J connectivity index is 2.00. The van der Waals surface area contributed by atoms with Crippen molar-refractivity contribution in [3.63, 3.8) is 0 Å². The first-order valence-electron chi connectivity index (χ1n) is 9.28. The molecule has 172 valence electrons. The van der Waals surface area contributed by atoms with Gasteiger partial charge in [0.05, 0.1) is 0 Å². The molecule has 0 aliphatic rings. The van der Waals surface area contributed by atoms with Crippen LogP contribution in [0.4, 0.5) is 35.1 Å². The van der Waals surface area contributed by atoms with Crippen LogP contribution >= 0.6 is 0 Å². The van der Waals surface area contributed by atoms with Gasteiger partial charge in [0, 0.05) is 17.7 Å². The number of benzene rings is 3. The maximum absolute atomic E-state index is 14.6. The van der Waals surface area contributed by atoms with Crippen molar-refractivity contribution in [3.05, 3.63) is 107 Å². The van der Waals surface area contributed by atoms with Gasteiger partial charge in [0.2, 0.25) is 0 Å². The van der Waals surface area contributed by atoms with Gasteiger partial charge in [-0.1, -0.05) is 30.9 Å². The van der Waals surface area contributed by atoms with Gasteiger partial charge in [-0.15, -0.1) is 0 Å². The fraction of sp³-hybridized carbons (Fsp3) is 0.0833. The van der Waals surface area contributed by atoms with E-state index in [1.165, 1.54) is 18.2 Å². The quantitative estimate of drug-likeness (QED) is 0.202. The van der Waals surface area contributed by atoms with Gasteiger partial charge in [0.15, 0.2) is 17.5 Å². The van der Waals surface area contributed by atoms with E-state index in [4.69, 9.17) is 0 Å². The van der Waals surface area contributed by atoms with E-state index in [0.29, 0.717) is 23.3 Å². The largest absolute Gasteiger partial charge is 0.432 e. The van der Waals surface area contributed by atoms with E-state index in [-0.39, 0.29) is 23.3 Å².